The Morgan fingerprint density at radius 1 is 1.45 bits per heavy atom. The molecule has 1 aromatic rings. The van der Waals surface area contributed by atoms with Crippen molar-refractivity contribution in [2.75, 3.05) is 13.2 Å². The van der Waals surface area contributed by atoms with E-state index in [9.17, 15) is 4.79 Å². The lowest BCUT2D eigenvalue weighted by Crippen LogP contribution is -2.37. The average Bonchev–Trinajstić information content (AvgIpc) is 3.13. The Morgan fingerprint density at radius 2 is 2.20 bits per heavy atom. The van der Waals surface area contributed by atoms with Crippen molar-refractivity contribution in [2.45, 2.75) is 51.7 Å². The average molecular weight is 295 g/mol. The fourth-order valence-electron chi connectivity index (χ4n) is 2.34. The molecule has 0 atom stereocenters. The van der Waals surface area contributed by atoms with Gasteiger partial charge in [-0.25, -0.2) is 4.79 Å². The maximum Gasteiger partial charge on any atom is 0.410 e. The standard InChI is InChI=1S/C15H21NO3S/c1-15(2,3)19-14(17)16-6-7-18-13-11(10-4-5-10)9-20-12(13)8-16/h9-10H,4-8H2,1-3H3. The first-order valence-electron chi connectivity index (χ1n) is 7.15. The molecule has 0 saturated heterocycles. The summed E-state index contributed by atoms with van der Waals surface area (Å²) in [7, 11) is 0. The van der Waals surface area contributed by atoms with Crippen molar-refractivity contribution in [1.82, 2.24) is 4.90 Å². The zero-order valence-corrected chi connectivity index (χ0v) is 13.1. The lowest BCUT2D eigenvalue weighted by Gasteiger charge is -2.25. The molecule has 3 rings (SSSR count). The molecular weight excluding hydrogens is 274 g/mol. The number of rotatable bonds is 1. The summed E-state index contributed by atoms with van der Waals surface area (Å²) in [6, 6.07) is 0. The van der Waals surface area contributed by atoms with Crippen LogP contribution in [0.1, 0.15) is 50.0 Å². The topological polar surface area (TPSA) is 38.8 Å². The zero-order chi connectivity index (χ0) is 14.3. The lowest BCUT2D eigenvalue weighted by molar-refractivity contribution is 0.0226. The molecule has 1 aromatic heterocycles. The quantitative estimate of drug-likeness (QED) is 0.792. The highest BCUT2D eigenvalue weighted by atomic mass is 32.1. The van der Waals surface area contributed by atoms with Gasteiger partial charge in [-0.05, 0) is 44.9 Å². The molecule has 1 amide bonds. The van der Waals surface area contributed by atoms with Crippen LogP contribution in [0.3, 0.4) is 0 Å². The van der Waals surface area contributed by atoms with Gasteiger partial charge in [0.2, 0.25) is 0 Å². The van der Waals surface area contributed by atoms with Crippen LogP contribution in [0, 0.1) is 0 Å². The van der Waals surface area contributed by atoms with E-state index in [0.717, 1.165) is 10.6 Å². The van der Waals surface area contributed by atoms with Crippen LogP contribution in [0.2, 0.25) is 0 Å². The number of nitrogens with zero attached hydrogens (tertiary/aromatic N) is 1. The van der Waals surface area contributed by atoms with E-state index in [1.807, 2.05) is 20.8 Å². The first-order valence-corrected chi connectivity index (χ1v) is 8.03. The van der Waals surface area contributed by atoms with Gasteiger partial charge in [0.15, 0.2) is 0 Å². The summed E-state index contributed by atoms with van der Waals surface area (Å²) in [6.07, 6.45) is 2.28. The minimum atomic E-state index is -0.457. The van der Waals surface area contributed by atoms with Crippen molar-refractivity contribution in [3.63, 3.8) is 0 Å². The van der Waals surface area contributed by atoms with Crippen molar-refractivity contribution >= 4 is 17.4 Å². The largest absolute Gasteiger partial charge is 0.490 e. The number of hydrogen-bond donors (Lipinski definition) is 0. The molecule has 0 aromatic carbocycles. The van der Waals surface area contributed by atoms with Gasteiger partial charge in [-0.1, -0.05) is 0 Å². The molecule has 0 spiro atoms. The van der Waals surface area contributed by atoms with E-state index in [1.54, 1.807) is 16.2 Å². The molecule has 4 nitrogen and oxygen atoms in total. The van der Waals surface area contributed by atoms with Crippen LogP contribution in [-0.2, 0) is 11.3 Å². The third-order valence-electron chi connectivity index (χ3n) is 3.45. The first kappa shape index (κ1) is 13.7. The Labute approximate surface area is 123 Å². The number of hydrogen-bond acceptors (Lipinski definition) is 4. The molecular formula is C15H21NO3S. The van der Waals surface area contributed by atoms with Crippen molar-refractivity contribution in [3.8, 4) is 5.75 Å². The third kappa shape index (κ3) is 2.92. The summed E-state index contributed by atoms with van der Waals surface area (Å²) in [5.74, 6) is 1.71. The van der Waals surface area contributed by atoms with Gasteiger partial charge in [0.1, 0.15) is 18.0 Å². The van der Waals surface area contributed by atoms with Crippen molar-refractivity contribution in [3.05, 3.63) is 15.8 Å². The predicted molar refractivity (Wildman–Crippen MR) is 78.4 cm³/mol. The minimum absolute atomic E-state index is 0.254. The van der Waals surface area contributed by atoms with Gasteiger partial charge in [-0.3, -0.25) is 4.90 Å². The van der Waals surface area contributed by atoms with Crippen LogP contribution in [0.4, 0.5) is 4.79 Å². The van der Waals surface area contributed by atoms with Gasteiger partial charge >= 0.3 is 6.09 Å². The maximum absolute atomic E-state index is 12.2. The van der Waals surface area contributed by atoms with E-state index in [2.05, 4.69) is 5.38 Å². The molecule has 2 heterocycles. The van der Waals surface area contributed by atoms with Crippen LogP contribution in [0.15, 0.2) is 5.38 Å². The normalized spacial score (nSPS) is 19.1. The Kier molecular flexibility index (Phi) is 3.40. The van der Waals surface area contributed by atoms with Gasteiger partial charge in [-0.2, -0.15) is 0 Å². The van der Waals surface area contributed by atoms with Crippen molar-refractivity contribution in [2.24, 2.45) is 0 Å². The molecule has 0 radical (unpaired) electrons. The molecule has 0 bridgehead atoms. The van der Waals surface area contributed by atoms with E-state index in [-0.39, 0.29) is 6.09 Å². The molecule has 5 heteroatoms. The van der Waals surface area contributed by atoms with E-state index in [1.165, 1.54) is 18.4 Å². The Morgan fingerprint density at radius 3 is 2.85 bits per heavy atom. The molecule has 1 saturated carbocycles. The van der Waals surface area contributed by atoms with Gasteiger partial charge in [0.05, 0.1) is 18.0 Å². The molecule has 0 N–H and O–H groups in total. The van der Waals surface area contributed by atoms with E-state index in [4.69, 9.17) is 9.47 Å². The van der Waals surface area contributed by atoms with Gasteiger partial charge in [0.25, 0.3) is 0 Å². The van der Waals surface area contributed by atoms with E-state index < -0.39 is 5.60 Å². The van der Waals surface area contributed by atoms with Gasteiger partial charge in [0, 0.05) is 5.56 Å². The summed E-state index contributed by atoms with van der Waals surface area (Å²) < 4.78 is 11.3. The van der Waals surface area contributed by atoms with Crippen LogP contribution < -0.4 is 4.74 Å². The molecule has 0 unspecified atom stereocenters. The smallest absolute Gasteiger partial charge is 0.410 e. The van der Waals surface area contributed by atoms with Gasteiger partial charge in [-0.15, -0.1) is 11.3 Å². The van der Waals surface area contributed by atoms with Gasteiger partial charge < -0.3 is 9.47 Å². The highest BCUT2D eigenvalue weighted by molar-refractivity contribution is 7.10. The SMILES string of the molecule is CC(C)(C)OC(=O)N1CCOc2c(C3CC3)csc2C1. The minimum Gasteiger partial charge on any atom is -0.490 e. The molecule has 110 valence electrons. The maximum atomic E-state index is 12.2. The summed E-state index contributed by atoms with van der Waals surface area (Å²) in [4.78, 5) is 15.1. The highest BCUT2D eigenvalue weighted by Gasteiger charge is 2.32. The Hall–Kier alpha value is -1.23. The number of carbonyl (C=O) groups is 1. The fourth-order valence-corrected chi connectivity index (χ4v) is 3.43. The third-order valence-corrected chi connectivity index (χ3v) is 4.43. The second-order valence-electron chi connectivity index (χ2n) is 6.47. The summed E-state index contributed by atoms with van der Waals surface area (Å²) >= 11 is 1.70. The van der Waals surface area contributed by atoms with E-state index >= 15 is 0 Å². The summed E-state index contributed by atoms with van der Waals surface area (Å²) in [5, 5.41) is 2.20. The number of ether oxygens (including phenoxy) is 2. The van der Waals surface area contributed by atoms with Crippen molar-refractivity contribution < 1.29 is 14.3 Å². The zero-order valence-electron chi connectivity index (χ0n) is 12.3. The van der Waals surface area contributed by atoms with Crippen LogP contribution >= 0.6 is 11.3 Å². The monoisotopic (exact) mass is 295 g/mol. The Bertz CT molecular complexity index is 514. The van der Waals surface area contributed by atoms with Crippen LogP contribution in [0.5, 0.6) is 5.75 Å². The van der Waals surface area contributed by atoms with Crippen molar-refractivity contribution in [1.29, 1.82) is 0 Å². The number of fused-ring (bicyclic) bond motifs is 1. The molecule has 20 heavy (non-hydrogen) atoms. The predicted octanol–water partition coefficient (Wildman–Crippen LogP) is 3.76. The molecule has 1 aliphatic carbocycles. The second kappa shape index (κ2) is 4.95. The van der Waals surface area contributed by atoms with Crippen LogP contribution in [-0.4, -0.2) is 29.7 Å². The summed E-state index contributed by atoms with van der Waals surface area (Å²) in [6.45, 7) is 7.40. The highest BCUT2D eigenvalue weighted by Crippen LogP contribution is 2.48. The first-order chi connectivity index (χ1) is 9.44. The summed E-state index contributed by atoms with van der Waals surface area (Å²) in [5.41, 5.74) is 0.887. The fraction of sp³-hybridized carbons (Fsp3) is 0.667. The number of amides is 1. The lowest BCUT2D eigenvalue weighted by atomic mass is 10.2. The Balaban J connectivity index is 1.74. The second-order valence-corrected chi connectivity index (χ2v) is 7.43. The molecule has 2 aliphatic rings. The van der Waals surface area contributed by atoms with E-state index in [0.29, 0.717) is 25.6 Å². The molecule has 1 fully saturated rings. The van der Waals surface area contributed by atoms with Crippen LogP contribution in [0.25, 0.3) is 0 Å². The number of thiophene rings is 1. The molecule has 1 aliphatic heterocycles. The number of carbonyl (C=O) groups excluding carboxylic acids is 1.